The number of ether oxygens (including phenoxy) is 1. The number of benzene rings is 1. The number of piperidine rings is 1. The second-order valence-electron chi connectivity index (χ2n) is 7.40. The number of aryl methyl sites for hydroxylation is 1. The van der Waals surface area contributed by atoms with E-state index in [1.54, 1.807) is 0 Å². The molecule has 0 spiro atoms. The standard InChI is InChI=1S/C20H25FN4O/c1-16-5-4-6-18(11-16)26-15-20-7-2-3-8-25(20)10-9-24(14-20)19-22-12-17(21)13-23-19/h4-6,11-13H,2-3,7-10,14-15H2,1H3. The lowest BCUT2D eigenvalue weighted by Gasteiger charge is -2.53. The van der Waals surface area contributed by atoms with E-state index >= 15 is 0 Å². The molecule has 5 nitrogen and oxygen atoms in total. The maximum Gasteiger partial charge on any atom is 0.225 e. The molecule has 0 radical (unpaired) electrons. The van der Waals surface area contributed by atoms with Crippen LogP contribution in [-0.4, -0.2) is 53.2 Å². The zero-order valence-electron chi connectivity index (χ0n) is 15.2. The lowest BCUT2D eigenvalue weighted by Crippen LogP contribution is -2.66. The first-order chi connectivity index (χ1) is 12.6. The summed E-state index contributed by atoms with van der Waals surface area (Å²) in [6.45, 7) is 6.45. The molecule has 0 bridgehead atoms. The maximum atomic E-state index is 13.2. The minimum absolute atomic E-state index is 0.0437. The largest absolute Gasteiger partial charge is 0.492 e. The van der Waals surface area contributed by atoms with Gasteiger partial charge in [0.05, 0.1) is 17.9 Å². The Balaban J connectivity index is 1.53. The highest BCUT2D eigenvalue weighted by Crippen LogP contribution is 2.33. The van der Waals surface area contributed by atoms with Crippen LogP contribution in [0.5, 0.6) is 5.75 Å². The van der Waals surface area contributed by atoms with E-state index in [9.17, 15) is 4.39 Å². The Hall–Kier alpha value is -2.21. The fraction of sp³-hybridized carbons (Fsp3) is 0.500. The molecule has 1 atom stereocenters. The number of aromatic nitrogens is 2. The van der Waals surface area contributed by atoms with E-state index in [0.29, 0.717) is 12.6 Å². The minimum Gasteiger partial charge on any atom is -0.492 e. The number of fused-ring (bicyclic) bond motifs is 1. The molecule has 0 aliphatic carbocycles. The number of rotatable bonds is 4. The maximum absolute atomic E-state index is 13.2. The summed E-state index contributed by atoms with van der Waals surface area (Å²) in [7, 11) is 0. The van der Waals surface area contributed by atoms with Crippen LogP contribution >= 0.6 is 0 Å². The van der Waals surface area contributed by atoms with Gasteiger partial charge >= 0.3 is 0 Å². The van der Waals surface area contributed by atoms with Crippen LogP contribution in [0, 0.1) is 12.7 Å². The van der Waals surface area contributed by atoms with Gasteiger partial charge in [0, 0.05) is 19.6 Å². The van der Waals surface area contributed by atoms with Crippen molar-refractivity contribution < 1.29 is 9.13 Å². The highest BCUT2D eigenvalue weighted by Gasteiger charge is 2.44. The molecule has 0 amide bonds. The van der Waals surface area contributed by atoms with Gasteiger partial charge in [-0.05, 0) is 44.0 Å². The van der Waals surface area contributed by atoms with E-state index in [4.69, 9.17) is 4.74 Å². The average Bonchev–Trinajstić information content (AvgIpc) is 2.67. The molecule has 26 heavy (non-hydrogen) atoms. The summed E-state index contributed by atoms with van der Waals surface area (Å²) in [4.78, 5) is 13.1. The molecule has 0 N–H and O–H groups in total. The molecule has 3 heterocycles. The summed E-state index contributed by atoms with van der Waals surface area (Å²) in [5.41, 5.74) is 1.16. The molecule has 1 aromatic heterocycles. The Kier molecular flexibility index (Phi) is 4.76. The zero-order valence-corrected chi connectivity index (χ0v) is 15.2. The molecule has 6 heteroatoms. The van der Waals surface area contributed by atoms with Gasteiger partial charge in [-0.3, -0.25) is 4.90 Å². The number of nitrogens with zero attached hydrogens (tertiary/aromatic N) is 4. The summed E-state index contributed by atoms with van der Waals surface area (Å²) >= 11 is 0. The Bertz CT molecular complexity index is 754. The Morgan fingerprint density at radius 2 is 2.00 bits per heavy atom. The van der Waals surface area contributed by atoms with Crippen LogP contribution in [0.4, 0.5) is 10.3 Å². The van der Waals surface area contributed by atoms with Gasteiger partial charge in [-0.1, -0.05) is 18.6 Å². The highest BCUT2D eigenvalue weighted by molar-refractivity contribution is 5.33. The van der Waals surface area contributed by atoms with Crippen LogP contribution in [-0.2, 0) is 0 Å². The lowest BCUT2D eigenvalue weighted by atomic mass is 9.85. The first-order valence-electron chi connectivity index (χ1n) is 9.32. The zero-order chi connectivity index (χ0) is 18.0. The molecule has 0 saturated carbocycles. The van der Waals surface area contributed by atoms with Crippen molar-refractivity contribution >= 4 is 5.95 Å². The average molecular weight is 356 g/mol. The summed E-state index contributed by atoms with van der Waals surface area (Å²) in [5.74, 6) is 1.12. The number of anilines is 1. The van der Waals surface area contributed by atoms with Crippen molar-refractivity contribution in [3.63, 3.8) is 0 Å². The molecule has 2 fully saturated rings. The van der Waals surface area contributed by atoms with Gasteiger partial charge in [-0.2, -0.15) is 0 Å². The van der Waals surface area contributed by atoms with Crippen LogP contribution in [0.25, 0.3) is 0 Å². The van der Waals surface area contributed by atoms with Gasteiger partial charge < -0.3 is 9.64 Å². The molecule has 1 aromatic carbocycles. The van der Waals surface area contributed by atoms with E-state index < -0.39 is 5.82 Å². The normalized spacial score (nSPS) is 23.5. The Morgan fingerprint density at radius 3 is 2.81 bits per heavy atom. The molecule has 138 valence electrons. The van der Waals surface area contributed by atoms with Crippen LogP contribution in [0.3, 0.4) is 0 Å². The number of halogens is 1. The quantitative estimate of drug-likeness (QED) is 0.842. The molecule has 1 unspecified atom stereocenters. The second kappa shape index (κ2) is 7.19. The van der Waals surface area contributed by atoms with E-state index in [-0.39, 0.29) is 5.54 Å². The Labute approximate surface area is 153 Å². The van der Waals surface area contributed by atoms with Crippen LogP contribution in [0.1, 0.15) is 24.8 Å². The molecule has 2 aliphatic rings. The summed E-state index contributed by atoms with van der Waals surface area (Å²) in [6, 6.07) is 8.20. The van der Waals surface area contributed by atoms with Gasteiger partial charge in [0.25, 0.3) is 0 Å². The first kappa shape index (κ1) is 17.2. The fourth-order valence-electron chi connectivity index (χ4n) is 4.13. The number of piperazine rings is 1. The topological polar surface area (TPSA) is 41.5 Å². The van der Waals surface area contributed by atoms with Crippen molar-refractivity contribution in [3.8, 4) is 5.75 Å². The van der Waals surface area contributed by atoms with Crippen molar-refractivity contribution in [2.75, 3.05) is 37.7 Å². The Morgan fingerprint density at radius 1 is 1.15 bits per heavy atom. The van der Waals surface area contributed by atoms with Crippen molar-refractivity contribution in [1.29, 1.82) is 0 Å². The van der Waals surface area contributed by atoms with Gasteiger partial charge in [0.15, 0.2) is 5.82 Å². The SMILES string of the molecule is Cc1cccc(OCC23CCCCN2CCN(c2ncc(F)cn2)C3)c1. The minimum atomic E-state index is -0.400. The molecule has 2 aromatic rings. The lowest BCUT2D eigenvalue weighted by molar-refractivity contribution is -0.00135. The number of hydrogen-bond acceptors (Lipinski definition) is 5. The first-order valence-corrected chi connectivity index (χ1v) is 9.32. The predicted molar refractivity (Wildman–Crippen MR) is 99.0 cm³/mol. The van der Waals surface area contributed by atoms with Crippen LogP contribution in [0.15, 0.2) is 36.7 Å². The summed E-state index contributed by atoms with van der Waals surface area (Å²) in [6.07, 6.45) is 6.01. The smallest absolute Gasteiger partial charge is 0.225 e. The monoisotopic (exact) mass is 356 g/mol. The van der Waals surface area contributed by atoms with Gasteiger partial charge in [0.1, 0.15) is 12.4 Å². The van der Waals surface area contributed by atoms with Gasteiger partial charge in [0.2, 0.25) is 5.95 Å². The van der Waals surface area contributed by atoms with E-state index in [1.807, 2.05) is 12.1 Å². The van der Waals surface area contributed by atoms with E-state index in [0.717, 1.165) is 38.3 Å². The van der Waals surface area contributed by atoms with Crippen molar-refractivity contribution in [2.45, 2.75) is 31.7 Å². The van der Waals surface area contributed by atoms with E-state index in [2.05, 4.69) is 38.8 Å². The van der Waals surface area contributed by atoms with Crippen molar-refractivity contribution in [3.05, 3.63) is 48.0 Å². The predicted octanol–water partition coefficient (Wildman–Crippen LogP) is 3.05. The van der Waals surface area contributed by atoms with Crippen molar-refractivity contribution in [1.82, 2.24) is 14.9 Å². The van der Waals surface area contributed by atoms with Crippen LogP contribution < -0.4 is 9.64 Å². The molecular weight excluding hydrogens is 331 g/mol. The summed E-state index contributed by atoms with van der Waals surface area (Å²) < 4.78 is 19.4. The molecular formula is C20H25FN4O. The third-order valence-corrected chi connectivity index (χ3v) is 5.50. The molecule has 2 saturated heterocycles. The van der Waals surface area contributed by atoms with Crippen LogP contribution in [0.2, 0.25) is 0 Å². The summed E-state index contributed by atoms with van der Waals surface area (Å²) in [5, 5.41) is 0. The van der Waals surface area contributed by atoms with Gasteiger partial charge in [-0.15, -0.1) is 0 Å². The second-order valence-corrected chi connectivity index (χ2v) is 7.40. The fourth-order valence-corrected chi connectivity index (χ4v) is 4.13. The van der Waals surface area contributed by atoms with E-state index in [1.165, 1.54) is 30.8 Å². The highest BCUT2D eigenvalue weighted by atomic mass is 19.1. The van der Waals surface area contributed by atoms with Gasteiger partial charge in [-0.25, -0.2) is 14.4 Å². The third-order valence-electron chi connectivity index (χ3n) is 5.50. The molecule has 2 aliphatic heterocycles. The molecule has 4 rings (SSSR count). The third kappa shape index (κ3) is 3.51. The number of hydrogen-bond donors (Lipinski definition) is 0. The van der Waals surface area contributed by atoms with Crippen molar-refractivity contribution in [2.24, 2.45) is 0 Å².